The monoisotopic (exact) mass is 325 g/mol. The molecule has 0 bridgehead atoms. The highest BCUT2D eigenvalue weighted by atomic mass is 32.2. The Morgan fingerprint density at radius 3 is 2.36 bits per heavy atom. The van der Waals surface area contributed by atoms with Crippen molar-refractivity contribution in [2.24, 2.45) is 0 Å². The van der Waals surface area contributed by atoms with E-state index in [1.807, 2.05) is 0 Å². The molecule has 22 heavy (non-hydrogen) atoms. The predicted octanol–water partition coefficient (Wildman–Crippen LogP) is 1.96. The van der Waals surface area contributed by atoms with Gasteiger partial charge in [0.25, 0.3) is 0 Å². The van der Waals surface area contributed by atoms with Crippen LogP contribution in [-0.2, 0) is 9.84 Å². The second kappa shape index (κ2) is 6.83. The molecular formula is C15H19NO5S. The summed E-state index contributed by atoms with van der Waals surface area (Å²) in [7, 11) is -3.27. The van der Waals surface area contributed by atoms with E-state index in [0.717, 1.165) is 5.56 Å². The number of phenols is 1. The Kier molecular flexibility index (Phi) is 5.07. The summed E-state index contributed by atoms with van der Waals surface area (Å²) < 4.78 is 24.5. The third-order valence-electron chi connectivity index (χ3n) is 3.75. The quantitative estimate of drug-likeness (QED) is 0.882. The summed E-state index contributed by atoms with van der Waals surface area (Å²) in [5, 5.41) is 17.6. The van der Waals surface area contributed by atoms with Gasteiger partial charge in [-0.1, -0.05) is 24.3 Å². The number of benzene rings is 1. The number of aromatic hydroxyl groups is 1. The van der Waals surface area contributed by atoms with E-state index in [1.54, 1.807) is 24.3 Å². The van der Waals surface area contributed by atoms with Crippen LogP contribution in [0.4, 0.5) is 4.79 Å². The summed E-state index contributed by atoms with van der Waals surface area (Å²) in [5.41, 5.74) is 0.814. The average molecular weight is 325 g/mol. The third kappa shape index (κ3) is 4.24. The lowest BCUT2D eigenvalue weighted by molar-refractivity contribution is 0.136. The molecule has 1 aliphatic rings. The largest absolute Gasteiger partial charge is 0.508 e. The van der Waals surface area contributed by atoms with Gasteiger partial charge in [0.2, 0.25) is 0 Å². The molecule has 2 rings (SSSR count). The Bertz CT molecular complexity index is 643. The molecule has 1 heterocycles. The van der Waals surface area contributed by atoms with Crippen molar-refractivity contribution in [3.63, 3.8) is 0 Å². The van der Waals surface area contributed by atoms with Gasteiger partial charge < -0.3 is 15.1 Å². The van der Waals surface area contributed by atoms with Crippen molar-refractivity contribution in [1.29, 1.82) is 0 Å². The first kappa shape index (κ1) is 16.4. The molecule has 0 unspecified atom stereocenters. The van der Waals surface area contributed by atoms with Crippen LogP contribution in [0.3, 0.4) is 0 Å². The number of sulfone groups is 1. The number of carboxylic acid groups (broad SMARTS) is 1. The molecule has 6 nitrogen and oxygen atoms in total. The summed E-state index contributed by atoms with van der Waals surface area (Å²) in [5.74, 6) is 0.0981. The number of hydrogen-bond acceptors (Lipinski definition) is 4. The number of hydrogen-bond donors (Lipinski definition) is 2. The van der Waals surface area contributed by atoms with Gasteiger partial charge in [0.1, 0.15) is 5.75 Å². The summed E-state index contributed by atoms with van der Waals surface area (Å²) >= 11 is 0. The molecule has 2 N–H and O–H groups in total. The van der Waals surface area contributed by atoms with Crippen molar-refractivity contribution in [3.05, 3.63) is 35.9 Å². The second-order valence-corrected chi connectivity index (χ2v) is 7.62. The number of carbonyl (C=O) groups is 1. The Morgan fingerprint density at radius 1 is 1.23 bits per heavy atom. The van der Waals surface area contributed by atoms with Crippen LogP contribution in [0.2, 0.25) is 0 Å². The Labute approximate surface area is 129 Å². The Morgan fingerprint density at radius 2 is 1.82 bits per heavy atom. The molecule has 0 spiro atoms. The van der Waals surface area contributed by atoms with Gasteiger partial charge in [-0.3, -0.25) is 0 Å². The molecule has 7 heteroatoms. The van der Waals surface area contributed by atoms with E-state index >= 15 is 0 Å². The van der Waals surface area contributed by atoms with E-state index in [1.165, 1.54) is 17.0 Å². The van der Waals surface area contributed by atoms with Crippen LogP contribution in [0.25, 0.3) is 6.08 Å². The van der Waals surface area contributed by atoms with Crippen LogP contribution in [0.1, 0.15) is 18.4 Å². The zero-order valence-corrected chi connectivity index (χ0v) is 12.9. The lowest BCUT2D eigenvalue weighted by Gasteiger charge is -2.29. The second-order valence-electron chi connectivity index (χ2n) is 5.29. The lowest BCUT2D eigenvalue weighted by Crippen LogP contribution is -2.42. The number of amides is 1. The maximum atomic E-state index is 12.2. The minimum absolute atomic E-state index is 0.0639. The van der Waals surface area contributed by atoms with Crippen molar-refractivity contribution in [1.82, 2.24) is 4.90 Å². The summed E-state index contributed by atoms with van der Waals surface area (Å²) in [6, 6.07) is 6.47. The normalized spacial score (nSPS) is 17.0. The SMILES string of the molecule is O=C(O)N1CCC(S(=O)(=O)CC=Cc2ccc(O)cc2)CC1. The fraction of sp³-hybridized carbons (Fsp3) is 0.400. The molecule has 120 valence electrons. The van der Waals surface area contributed by atoms with Crippen LogP contribution >= 0.6 is 0 Å². The van der Waals surface area contributed by atoms with Gasteiger partial charge in [0.05, 0.1) is 11.0 Å². The smallest absolute Gasteiger partial charge is 0.407 e. The van der Waals surface area contributed by atoms with Crippen molar-refractivity contribution in [2.45, 2.75) is 18.1 Å². The third-order valence-corrected chi connectivity index (χ3v) is 5.90. The van der Waals surface area contributed by atoms with Gasteiger partial charge in [-0.2, -0.15) is 0 Å². The van der Waals surface area contributed by atoms with Crippen LogP contribution < -0.4 is 0 Å². The molecule has 1 fully saturated rings. The van der Waals surface area contributed by atoms with Crippen molar-refractivity contribution >= 4 is 22.0 Å². The van der Waals surface area contributed by atoms with Crippen LogP contribution in [-0.4, -0.2) is 53.7 Å². The molecule has 0 aliphatic carbocycles. The molecule has 1 aromatic carbocycles. The molecule has 0 saturated carbocycles. The van der Waals surface area contributed by atoms with E-state index in [4.69, 9.17) is 5.11 Å². The van der Waals surface area contributed by atoms with Crippen molar-refractivity contribution < 1.29 is 23.4 Å². The fourth-order valence-corrected chi connectivity index (χ4v) is 4.01. The minimum Gasteiger partial charge on any atom is -0.508 e. The molecule has 0 atom stereocenters. The van der Waals surface area contributed by atoms with Crippen molar-refractivity contribution in [3.8, 4) is 5.75 Å². The highest BCUT2D eigenvalue weighted by Crippen LogP contribution is 2.19. The van der Waals surface area contributed by atoms with Crippen LogP contribution in [0.5, 0.6) is 5.75 Å². The summed E-state index contributed by atoms with van der Waals surface area (Å²) in [6.45, 7) is 0.530. The highest BCUT2D eigenvalue weighted by Gasteiger charge is 2.30. The summed E-state index contributed by atoms with van der Waals surface area (Å²) in [4.78, 5) is 12.1. The minimum atomic E-state index is -3.27. The van der Waals surface area contributed by atoms with Gasteiger partial charge in [-0.15, -0.1) is 0 Å². The number of piperidine rings is 1. The summed E-state index contributed by atoms with van der Waals surface area (Å²) in [6.07, 6.45) is 2.99. The topological polar surface area (TPSA) is 94.9 Å². The first-order valence-electron chi connectivity index (χ1n) is 7.03. The molecule has 1 amide bonds. The van der Waals surface area contributed by atoms with E-state index < -0.39 is 21.2 Å². The van der Waals surface area contributed by atoms with Gasteiger partial charge in [-0.25, -0.2) is 13.2 Å². The lowest BCUT2D eigenvalue weighted by atomic mass is 10.1. The average Bonchev–Trinajstić information content (AvgIpc) is 2.49. The van der Waals surface area contributed by atoms with Crippen LogP contribution in [0.15, 0.2) is 30.3 Å². The number of rotatable bonds is 4. The van der Waals surface area contributed by atoms with Gasteiger partial charge >= 0.3 is 6.09 Å². The Hall–Kier alpha value is -2.02. The van der Waals surface area contributed by atoms with Gasteiger partial charge in [0, 0.05) is 13.1 Å². The van der Waals surface area contributed by atoms with E-state index in [0.29, 0.717) is 12.8 Å². The zero-order chi connectivity index (χ0) is 16.2. The van der Waals surface area contributed by atoms with E-state index in [9.17, 15) is 18.3 Å². The van der Waals surface area contributed by atoms with Gasteiger partial charge in [-0.05, 0) is 30.5 Å². The standard InChI is InChI=1S/C15H19NO5S/c17-13-5-3-12(4-6-13)2-1-11-22(20,21)14-7-9-16(10-8-14)15(18)19/h1-6,14,17H,7-11H2,(H,18,19). The molecule has 0 radical (unpaired) electrons. The molecule has 1 aromatic rings. The Balaban J connectivity index is 1.91. The highest BCUT2D eigenvalue weighted by molar-refractivity contribution is 7.92. The molecule has 0 aromatic heterocycles. The fourth-order valence-electron chi connectivity index (χ4n) is 2.45. The van der Waals surface area contributed by atoms with E-state index in [-0.39, 0.29) is 24.6 Å². The number of nitrogens with zero attached hydrogens (tertiary/aromatic N) is 1. The number of phenolic OH excluding ortho intramolecular Hbond substituents is 1. The first-order chi connectivity index (χ1) is 10.4. The molecule has 1 saturated heterocycles. The first-order valence-corrected chi connectivity index (χ1v) is 8.75. The predicted molar refractivity (Wildman–Crippen MR) is 83.5 cm³/mol. The zero-order valence-electron chi connectivity index (χ0n) is 12.1. The molecule has 1 aliphatic heterocycles. The van der Waals surface area contributed by atoms with E-state index in [2.05, 4.69) is 0 Å². The van der Waals surface area contributed by atoms with Gasteiger partial charge in [0.15, 0.2) is 9.84 Å². The number of likely N-dealkylation sites (tertiary alicyclic amines) is 1. The maximum Gasteiger partial charge on any atom is 0.407 e. The maximum absolute atomic E-state index is 12.2. The van der Waals surface area contributed by atoms with Crippen LogP contribution in [0, 0.1) is 0 Å². The molecular weight excluding hydrogens is 306 g/mol. The van der Waals surface area contributed by atoms with Crippen molar-refractivity contribution in [2.75, 3.05) is 18.8 Å².